The molecule has 7 heteroatoms. The number of guanidine groups is 1. The van der Waals surface area contributed by atoms with E-state index in [1.165, 1.54) is 6.26 Å². The SMILES string of the molecule is NC(N)=Nc1cccc(-c2nc(C(=Cc3ccccc3)C(=O)O)co2)c1. The van der Waals surface area contributed by atoms with Gasteiger partial charge in [-0.2, -0.15) is 0 Å². The summed E-state index contributed by atoms with van der Waals surface area (Å²) in [5.41, 5.74) is 12.9. The Morgan fingerprint density at radius 3 is 2.58 bits per heavy atom. The molecule has 26 heavy (non-hydrogen) atoms. The summed E-state index contributed by atoms with van der Waals surface area (Å²) in [6, 6.07) is 16.1. The van der Waals surface area contributed by atoms with Gasteiger partial charge in [0.1, 0.15) is 12.0 Å². The Morgan fingerprint density at radius 1 is 1.12 bits per heavy atom. The average Bonchev–Trinajstić information content (AvgIpc) is 3.10. The van der Waals surface area contributed by atoms with E-state index in [-0.39, 0.29) is 23.1 Å². The molecule has 0 spiro atoms. The Labute approximate surface area is 149 Å². The van der Waals surface area contributed by atoms with Gasteiger partial charge in [-0.1, -0.05) is 36.4 Å². The third-order valence-electron chi connectivity index (χ3n) is 3.47. The lowest BCUT2D eigenvalue weighted by atomic mass is 10.1. The highest BCUT2D eigenvalue weighted by atomic mass is 16.4. The Kier molecular flexibility index (Phi) is 4.80. The largest absolute Gasteiger partial charge is 0.478 e. The van der Waals surface area contributed by atoms with E-state index in [0.29, 0.717) is 11.3 Å². The summed E-state index contributed by atoms with van der Waals surface area (Å²) in [5, 5.41) is 9.52. The van der Waals surface area contributed by atoms with Crippen LogP contribution in [-0.2, 0) is 4.79 Å². The molecule has 0 aliphatic heterocycles. The van der Waals surface area contributed by atoms with Gasteiger partial charge in [0, 0.05) is 5.56 Å². The van der Waals surface area contributed by atoms with Crippen molar-refractivity contribution in [1.82, 2.24) is 4.98 Å². The quantitative estimate of drug-likeness (QED) is 0.369. The fraction of sp³-hybridized carbons (Fsp3) is 0. The van der Waals surface area contributed by atoms with Gasteiger partial charge in [-0.15, -0.1) is 0 Å². The van der Waals surface area contributed by atoms with Crippen molar-refractivity contribution in [3.8, 4) is 11.5 Å². The minimum Gasteiger partial charge on any atom is -0.478 e. The molecule has 0 radical (unpaired) electrons. The second-order valence-electron chi connectivity index (χ2n) is 5.40. The molecule has 0 aliphatic rings. The molecule has 0 fully saturated rings. The normalized spacial score (nSPS) is 11.2. The summed E-state index contributed by atoms with van der Waals surface area (Å²) < 4.78 is 5.45. The molecule has 2 aromatic carbocycles. The molecule has 130 valence electrons. The Bertz CT molecular complexity index is 987. The zero-order valence-corrected chi connectivity index (χ0v) is 13.7. The van der Waals surface area contributed by atoms with Gasteiger partial charge in [-0.3, -0.25) is 0 Å². The molecule has 0 saturated heterocycles. The lowest BCUT2D eigenvalue weighted by molar-refractivity contribution is -0.130. The van der Waals surface area contributed by atoms with Crippen molar-refractivity contribution in [2.24, 2.45) is 16.5 Å². The number of rotatable bonds is 5. The Balaban J connectivity index is 1.97. The third-order valence-corrected chi connectivity index (χ3v) is 3.47. The van der Waals surface area contributed by atoms with Gasteiger partial charge in [0.05, 0.1) is 11.3 Å². The number of carboxylic acids is 1. The molecule has 1 heterocycles. The molecule has 0 bridgehead atoms. The number of carboxylic acid groups (broad SMARTS) is 1. The van der Waals surface area contributed by atoms with Crippen LogP contribution in [0.4, 0.5) is 5.69 Å². The van der Waals surface area contributed by atoms with Gasteiger partial charge in [0.2, 0.25) is 5.89 Å². The van der Waals surface area contributed by atoms with Crippen LogP contribution in [0, 0.1) is 0 Å². The van der Waals surface area contributed by atoms with Crippen LogP contribution in [0.3, 0.4) is 0 Å². The first-order chi connectivity index (χ1) is 12.5. The predicted octanol–water partition coefficient (Wildman–Crippen LogP) is 2.87. The van der Waals surface area contributed by atoms with Crippen LogP contribution in [0.2, 0.25) is 0 Å². The van der Waals surface area contributed by atoms with E-state index in [0.717, 1.165) is 5.56 Å². The summed E-state index contributed by atoms with van der Waals surface area (Å²) in [6.07, 6.45) is 2.85. The van der Waals surface area contributed by atoms with Crippen LogP contribution in [0.1, 0.15) is 11.3 Å². The van der Waals surface area contributed by atoms with Crippen LogP contribution >= 0.6 is 0 Å². The zero-order valence-electron chi connectivity index (χ0n) is 13.7. The van der Waals surface area contributed by atoms with Crippen molar-refractivity contribution < 1.29 is 14.3 Å². The molecule has 0 atom stereocenters. The maximum Gasteiger partial charge on any atom is 0.338 e. The minimum atomic E-state index is -1.09. The summed E-state index contributed by atoms with van der Waals surface area (Å²) in [4.78, 5) is 19.9. The van der Waals surface area contributed by atoms with Crippen molar-refractivity contribution >= 4 is 29.3 Å². The monoisotopic (exact) mass is 348 g/mol. The fourth-order valence-corrected chi connectivity index (χ4v) is 2.35. The molecule has 3 aromatic rings. The second-order valence-corrected chi connectivity index (χ2v) is 5.40. The van der Waals surface area contributed by atoms with Gasteiger partial charge in [-0.05, 0) is 29.8 Å². The number of nitrogens with two attached hydrogens (primary N) is 2. The van der Waals surface area contributed by atoms with E-state index < -0.39 is 5.97 Å². The van der Waals surface area contributed by atoms with Gasteiger partial charge < -0.3 is 21.0 Å². The Hall–Kier alpha value is -3.87. The maximum atomic E-state index is 11.6. The highest BCUT2D eigenvalue weighted by molar-refractivity contribution is 6.20. The number of oxazole rings is 1. The molecule has 3 rings (SSSR count). The summed E-state index contributed by atoms with van der Waals surface area (Å²) in [5.74, 6) is -0.884. The van der Waals surface area contributed by atoms with E-state index in [1.54, 1.807) is 30.3 Å². The van der Waals surface area contributed by atoms with E-state index in [2.05, 4.69) is 9.98 Å². The van der Waals surface area contributed by atoms with Crippen molar-refractivity contribution in [1.29, 1.82) is 0 Å². The fourth-order valence-electron chi connectivity index (χ4n) is 2.35. The number of carbonyl (C=O) groups is 1. The average molecular weight is 348 g/mol. The number of aromatic nitrogens is 1. The third kappa shape index (κ3) is 3.96. The van der Waals surface area contributed by atoms with Crippen molar-refractivity contribution in [2.45, 2.75) is 0 Å². The Morgan fingerprint density at radius 2 is 1.88 bits per heavy atom. The molecular formula is C19H16N4O3. The van der Waals surface area contributed by atoms with Crippen molar-refractivity contribution in [3.05, 3.63) is 72.1 Å². The van der Waals surface area contributed by atoms with E-state index >= 15 is 0 Å². The molecule has 0 unspecified atom stereocenters. The second kappa shape index (κ2) is 7.35. The first-order valence-electron chi connectivity index (χ1n) is 7.69. The van der Waals surface area contributed by atoms with E-state index in [9.17, 15) is 9.90 Å². The predicted molar refractivity (Wildman–Crippen MR) is 99.4 cm³/mol. The summed E-state index contributed by atoms with van der Waals surface area (Å²) in [7, 11) is 0. The molecule has 5 N–H and O–H groups in total. The number of benzene rings is 2. The van der Waals surface area contributed by atoms with Crippen LogP contribution in [0.25, 0.3) is 23.1 Å². The lowest BCUT2D eigenvalue weighted by Crippen LogP contribution is -2.21. The molecule has 7 nitrogen and oxygen atoms in total. The number of aliphatic carboxylic acids is 1. The van der Waals surface area contributed by atoms with Crippen LogP contribution in [0.5, 0.6) is 0 Å². The van der Waals surface area contributed by atoms with E-state index in [1.807, 2.05) is 30.3 Å². The molecule has 0 saturated carbocycles. The number of nitrogens with zero attached hydrogens (tertiary/aromatic N) is 2. The van der Waals surface area contributed by atoms with Gasteiger partial charge >= 0.3 is 5.97 Å². The standard InChI is InChI=1S/C19H16N4O3/c20-19(21)22-14-8-4-7-13(10-14)17-23-16(11-26-17)15(18(24)25)9-12-5-2-1-3-6-12/h1-11H,(H,24,25)(H4,20,21,22). The highest BCUT2D eigenvalue weighted by Crippen LogP contribution is 2.26. The number of aliphatic imine (C=N–C) groups is 1. The summed E-state index contributed by atoms with van der Waals surface area (Å²) >= 11 is 0. The smallest absolute Gasteiger partial charge is 0.338 e. The van der Waals surface area contributed by atoms with Crippen molar-refractivity contribution in [3.63, 3.8) is 0 Å². The van der Waals surface area contributed by atoms with E-state index in [4.69, 9.17) is 15.9 Å². The molecular weight excluding hydrogens is 332 g/mol. The topological polar surface area (TPSA) is 128 Å². The van der Waals surface area contributed by atoms with Crippen molar-refractivity contribution in [2.75, 3.05) is 0 Å². The molecule has 0 amide bonds. The zero-order chi connectivity index (χ0) is 18.5. The maximum absolute atomic E-state index is 11.6. The number of hydrogen-bond donors (Lipinski definition) is 3. The van der Waals surface area contributed by atoms with Crippen LogP contribution in [0.15, 0.2) is 70.3 Å². The van der Waals surface area contributed by atoms with Crippen LogP contribution in [-0.4, -0.2) is 22.0 Å². The summed E-state index contributed by atoms with van der Waals surface area (Å²) in [6.45, 7) is 0. The van der Waals surface area contributed by atoms with Gasteiger partial charge in [0.25, 0.3) is 0 Å². The van der Waals surface area contributed by atoms with Crippen LogP contribution < -0.4 is 11.5 Å². The number of hydrogen-bond acceptors (Lipinski definition) is 4. The minimum absolute atomic E-state index is 0.0339. The molecule has 1 aromatic heterocycles. The van der Waals surface area contributed by atoms with Gasteiger partial charge in [0.15, 0.2) is 5.96 Å². The van der Waals surface area contributed by atoms with Gasteiger partial charge in [-0.25, -0.2) is 14.8 Å². The highest BCUT2D eigenvalue weighted by Gasteiger charge is 2.16. The molecule has 0 aliphatic carbocycles. The lowest BCUT2D eigenvalue weighted by Gasteiger charge is -1.99. The first-order valence-corrected chi connectivity index (χ1v) is 7.69. The first kappa shape index (κ1) is 17.0.